The average molecular weight is 362 g/mol. The first-order valence-electron chi connectivity index (χ1n) is 9.05. The summed E-state index contributed by atoms with van der Waals surface area (Å²) < 4.78 is 1.69. The highest BCUT2D eigenvalue weighted by Gasteiger charge is 2.29. The van der Waals surface area contributed by atoms with Crippen molar-refractivity contribution < 1.29 is 4.79 Å². The fourth-order valence-corrected chi connectivity index (χ4v) is 3.49. The van der Waals surface area contributed by atoms with Gasteiger partial charge in [0.05, 0.1) is 0 Å². The molecule has 1 unspecified atom stereocenters. The van der Waals surface area contributed by atoms with Crippen molar-refractivity contribution >= 4 is 5.91 Å². The highest BCUT2D eigenvalue weighted by Crippen LogP contribution is 2.19. The maximum absolute atomic E-state index is 13.0. The smallest absolute Gasteiger partial charge is 0.254 e. The molecular formula is C20H22N6O. The van der Waals surface area contributed by atoms with Gasteiger partial charge in [-0.25, -0.2) is 4.98 Å². The van der Waals surface area contributed by atoms with Gasteiger partial charge in [0.1, 0.15) is 18.5 Å². The molecule has 0 radical (unpaired) electrons. The van der Waals surface area contributed by atoms with Crippen LogP contribution in [0.1, 0.15) is 22.3 Å². The van der Waals surface area contributed by atoms with Crippen LogP contribution in [0.25, 0.3) is 5.82 Å². The molecule has 4 rings (SSSR count). The van der Waals surface area contributed by atoms with Gasteiger partial charge in [-0.3, -0.25) is 14.3 Å². The fourth-order valence-electron chi connectivity index (χ4n) is 3.49. The topological polar surface area (TPSA) is 67.2 Å². The number of hydrogen-bond donors (Lipinski definition) is 0. The Bertz CT molecular complexity index is 896. The summed E-state index contributed by atoms with van der Waals surface area (Å²) in [6.07, 6.45) is 5.77. The minimum absolute atomic E-state index is 0.0123. The van der Waals surface area contributed by atoms with E-state index in [4.69, 9.17) is 0 Å². The van der Waals surface area contributed by atoms with Crippen LogP contribution in [0.4, 0.5) is 0 Å². The van der Waals surface area contributed by atoms with Gasteiger partial charge < -0.3 is 4.90 Å². The van der Waals surface area contributed by atoms with Crippen LogP contribution < -0.4 is 0 Å². The molecule has 27 heavy (non-hydrogen) atoms. The zero-order valence-corrected chi connectivity index (χ0v) is 15.3. The van der Waals surface area contributed by atoms with Crippen LogP contribution in [0.5, 0.6) is 0 Å². The normalized spacial score (nSPS) is 17.1. The molecule has 138 valence electrons. The first kappa shape index (κ1) is 17.4. The molecule has 1 saturated heterocycles. The number of nitrogens with zero attached hydrogens (tertiary/aromatic N) is 6. The quantitative estimate of drug-likeness (QED) is 0.695. The number of carbonyl (C=O) groups excluding carboxylic acids is 1. The van der Waals surface area contributed by atoms with Crippen molar-refractivity contribution in [3.63, 3.8) is 0 Å². The third-order valence-corrected chi connectivity index (χ3v) is 5.04. The summed E-state index contributed by atoms with van der Waals surface area (Å²) in [5.41, 5.74) is 1.93. The number of aromatic nitrogens is 4. The van der Waals surface area contributed by atoms with Gasteiger partial charge >= 0.3 is 0 Å². The number of likely N-dealkylation sites (tertiary alicyclic amines) is 1. The Hall–Kier alpha value is -3.06. The maximum atomic E-state index is 13.0. The highest BCUT2D eigenvalue weighted by atomic mass is 16.2. The molecule has 1 atom stereocenters. The molecule has 1 aromatic carbocycles. The number of hydrogen-bond acceptors (Lipinski definition) is 5. The van der Waals surface area contributed by atoms with Crippen molar-refractivity contribution in [2.75, 3.05) is 20.1 Å². The SMILES string of the molecule is CN(C(=O)c1ccnc(-n2cnnc2)c1)C1CCN(Cc2ccccc2)C1. The third-order valence-electron chi connectivity index (χ3n) is 5.04. The van der Waals surface area contributed by atoms with Crippen molar-refractivity contribution in [2.24, 2.45) is 0 Å². The first-order chi connectivity index (χ1) is 13.2. The summed E-state index contributed by atoms with van der Waals surface area (Å²) in [6.45, 7) is 2.81. The molecule has 3 heterocycles. The molecule has 2 aromatic heterocycles. The molecule has 1 amide bonds. The molecule has 3 aromatic rings. The van der Waals surface area contributed by atoms with Gasteiger partial charge in [0.25, 0.3) is 5.91 Å². The van der Waals surface area contributed by atoms with Crippen LogP contribution in [0.3, 0.4) is 0 Å². The van der Waals surface area contributed by atoms with Crippen LogP contribution >= 0.6 is 0 Å². The molecule has 1 fully saturated rings. The summed E-state index contributed by atoms with van der Waals surface area (Å²) >= 11 is 0. The zero-order valence-electron chi connectivity index (χ0n) is 15.3. The molecule has 0 saturated carbocycles. The molecule has 7 nitrogen and oxygen atoms in total. The van der Waals surface area contributed by atoms with Gasteiger partial charge in [-0.2, -0.15) is 0 Å². The predicted octanol–water partition coefficient (Wildman–Crippen LogP) is 2.01. The lowest BCUT2D eigenvalue weighted by atomic mass is 10.1. The zero-order chi connectivity index (χ0) is 18.6. The third kappa shape index (κ3) is 3.88. The second-order valence-corrected chi connectivity index (χ2v) is 6.85. The van der Waals surface area contributed by atoms with E-state index in [0.29, 0.717) is 11.4 Å². The summed E-state index contributed by atoms with van der Waals surface area (Å²) in [7, 11) is 1.89. The van der Waals surface area contributed by atoms with E-state index in [1.54, 1.807) is 35.6 Å². The number of pyridine rings is 1. The van der Waals surface area contributed by atoms with E-state index < -0.39 is 0 Å². The fraction of sp³-hybridized carbons (Fsp3) is 0.300. The Balaban J connectivity index is 1.42. The Morgan fingerprint density at radius 1 is 1.19 bits per heavy atom. The van der Waals surface area contributed by atoms with Gasteiger partial charge in [0.2, 0.25) is 0 Å². The number of amides is 1. The van der Waals surface area contributed by atoms with Crippen LogP contribution in [0, 0.1) is 0 Å². The van der Waals surface area contributed by atoms with Gasteiger partial charge in [-0.15, -0.1) is 10.2 Å². The first-order valence-corrected chi connectivity index (χ1v) is 9.05. The second-order valence-electron chi connectivity index (χ2n) is 6.85. The lowest BCUT2D eigenvalue weighted by molar-refractivity contribution is 0.0734. The summed E-state index contributed by atoms with van der Waals surface area (Å²) in [4.78, 5) is 21.5. The van der Waals surface area contributed by atoms with E-state index >= 15 is 0 Å². The molecule has 0 spiro atoms. The van der Waals surface area contributed by atoms with E-state index in [-0.39, 0.29) is 11.9 Å². The minimum Gasteiger partial charge on any atom is -0.337 e. The Labute approximate surface area is 158 Å². The van der Waals surface area contributed by atoms with E-state index in [0.717, 1.165) is 26.1 Å². The lowest BCUT2D eigenvalue weighted by Gasteiger charge is -2.25. The molecule has 0 bridgehead atoms. The lowest BCUT2D eigenvalue weighted by Crippen LogP contribution is -2.39. The van der Waals surface area contributed by atoms with Gasteiger partial charge in [0, 0.05) is 44.5 Å². The van der Waals surface area contributed by atoms with Crippen molar-refractivity contribution in [1.82, 2.24) is 29.5 Å². The largest absolute Gasteiger partial charge is 0.337 e. The Morgan fingerprint density at radius 3 is 2.74 bits per heavy atom. The standard InChI is InChI=1S/C20H22N6O/c1-24(18-8-10-25(13-18)12-16-5-3-2-4-6-16)20(27)17-7-9-21-19(11-17)26-14-22-23-15-26/h2-7,9,11,14-15,18H,8,10,12-13H2,1H3. The minimum atomic E-state index is 0.0123. The van der Waals surface area contributed by atoms with E-state index in [1.807, 2.05) is 18.0 Å². The van der Waals surface area contributed by atoms with Crippen LogP contribution in [-0.2, 0) is 6.54 Å². The second kappa shape index (κ2) is 7.67. The predicted molar refractivity (Wildman–Crippen MR) is 101 cm³/mol. The highest BCUT2D eigenvalue weighted by molar-refractivity contribution is 5.94. The number of likely N-dealkylation sites (N-methyl/N-ethyl adjacent to an activating group) is 1. The van der Waals surface area contributed by atoms with Gasteiger partial charge in [-0.1, -0.05) is 30.3 Å². The summed E-state index contributed by atoms with van der Waals surface area (Å²) in [6, 6.07) is 14.2. The number of rotatable bonds is 5. The van der Waals surface area contributed by atoms with Gasteiger partial charge in [0.15, 0.2) is 0 Å². The van der Waals surface area contributed by atoms with E-state index in [2.05, 4.69) is 44.3 Å². The summed E-state index contributed by atoms with van der Waals surface area (Å²) in [5, 5.41) is 7.57. The average Bonchev–Trinajstić information content (AvgIpc) is 3.40. The molecular weight excluding hydrogens is 340 g/mol. The Kier molecular flexibility index (Phi) is 4.93. The molecule has 0 N–H and O–H groups in total. The monoisotopic (exact) mass is 362 g/mol. The number of benzene rings is 1. The molecule has 7 heteroatoms. The van der Waals surface area contributed by atoms with Crippen LogP contribution in [0.15, 0.2) is 61.3 Å². The number of carbonyl (C=O) groups is 1. The van der Waals surface area contributed by atoms with Crippen LogP contribution in [-0.4, -0.2) is 61.6 Å². The van der Waals surface area contributed by atoms with Crippen molar-refractivity contribution in [1.29, 1.82) is 0 Å². The maximum Gasteiger partial charge on any atom is 0.254 e. The Morgan fingerprint density at radius 2 is 1.96 bits per heavy atom. The van der Waals surface area contributed by atoms with Crippen LogP contribution in [0.2, 0.25) is 0 Å². The van der Waals surface area contributed by atoms with Crippen molar-refractivity contribution in [3.8, 4) is 5.82 Å². The molecule has 0 aliphatic carbocycles. The van der Waals surface area contributed by atoms with Gasteiger partial charge in [-0.05, 0) is 24.1 Å². The molecule has 1 aliphatic rings. The van der Waals surface area contributed by atoms with E-state index in [9.17, 15) is 4.79 Å². The summed E-state index contributed by atoms with van der Waals surface area (Å²) in [5.74, 6) is 0.648. The van der Waals surface area contributed by atoms with E-state index in [1.165, 1.54) is 5.56 Å². The van der Waals surface area contributed by atoms with Crippen molar-refractivity contribution in [2.45, 2.75) is 19.0 Å². The van der Waals surface area contributed by atoms with Crippen molar-refractivity contribution in [3.05, 3.63) is 72.4 Å². The molecule has 1 aliphatic heterocycles.